The summed E-state index contributed by atoms with van der Waals surface area (Å²) in [6.45, 7) is 4.98. The van der Waals surface area contributed by atoms with Crippen LogP contribution in [0, 0.1) is 5.92 Å². The molecule has 2 heteroatoms. The van der Waals surface area contributed by atoms with Gasteiger partial charge < -0.3 is 9.47 Å². The van der Waals surface area contributed by atoms with Crippen LogP contribution in [0.4, 0.5) is 5.69 Å². The Labute approximate surface area is 315 Å². The molecule has 0 aliphatic heterocycles. The summed E-state index contributed by atoms with van der Waals surface area (Å²) in [5.41, 5.74) is 12.6. The van der Waals surface area contributed by atoms with Crippen molar-refractivity contribution in [3.05, 3.63) is 180 Å². The number of anilines is 1. The van der Waals surface area contributed by atoms with Gasteiger partial charge in [-0.15, -0.1) is 0 Å². The lowest BCUT2D eigenvalue weighted by atomic mass is 9.72. The fourth-order valence-electron chi connectivity index (χ4n) is 10.6. The molecule has 0 N–H and O–H groups in total. The molecule has 2 nitrogen and oxygen atoms in total. The molecule has 5 aromatic rings. The van der Waals surface area contributed by atoms with Crippen molar-refractivity contribution in [3.63, 3.8) is 0 Å². The van der Waals surface area contributed by atoms with E-state index in [9.17, 15) is 0 Å². The molecule has 264 valence electrons. The highest BCUT2D eigenvalue weighted by Crippen LogP contribution is 2.55. The Morgan fingerprint density at radius 1 is 0.679 bits per heavy atom. The summed E-state index contributed by atoms with van der Waals surface area (Å²) in [5.74, 6) is 1.57. The van der Waals surface area contributed by atoms with Crippen molar-refractivity contribution in [2.24, 2.45) is 5.92 Å². The molecular formula is C51H50N2. The second-order valence-electron chi connectivity index (χ2n) is 16.6. The average molecular weight is 691 g/mol. The molecule has 0 spiro atoms. The van der Waals surface area contributed by atoms with Crippen LogP contribution in [-0.4, -0.2) is 10.6 Å². The maximum atomic E-state index is 2.63. The van der Waals surface area contributed by atoms with Gasteiger partial charge in [0.25, 0.3) is 0 Å². The zero-order valence-electron chi connectivity index (χ0n) is 31.2. The largest absolute Gasteiger partial charge is 0.337 e. The number of hydrogen-bond acceptors (Lipinski definition) is 1. The maximum absolute atomic E-state index is 2.63. The lowest BCUT2D eigenvalue weighted by molar-refractivity contribution is 0.301. The summed E-state index contributed by atoms with van der Waals surface area (Å²) in [7, 11) is 0. The smallest absolute Gasteiger partial charge is 0.0560 e. The lowest BCUT2D eigenvalue weighted by Crippen LogP contribution is -2.34. The summed E-state index contributed by atoms with van der Waals surface area (Å²) >= 11 is 0. The van der Waals surface area contributed by atoms with Crippen LogP contribution in [0.15, 0.2) is 157 Å². The van der Waals surface area contributed by atoms with Gasteiger partial charge in [-0.1, -0.05) is 129 Å². The first-order valence-corrected chi connectivity index (χ1v) is 20.1. The van der Waals surface area contributed by atoms with E-state index in [0.29, 0.717) is 23.8 Å². The summed E-state index contributed by atoms with van der Waals surface area (Å²) in [5, 5.41) is 2.77. The Hall–Kier alpha value is -5.08. The average Bonchev–Trinajstić information content (AvgIpc) is 3.67. The van der Waals surface area contributed by atoms with Crippen molar-refractivity contribution in [3.8, 4) is 0 Å². The number of aromatic nitrogens is 1. The molecule has 4 aromatic carbocycles. The van der Waals surface area contributed by atoms with Crippen LogP contribution >= 0.6 is 0 Å². The first kappa shape index (κ1) is 32.6. The topological polar surface area (TPSA) is 8.17 Å². The first-order chi connectivity index (χ1) is 26.0. The summed E-state index contributed by atoms with van der Waals surface area (Å²) in [6, 6.07) is 35.4. The van der Waals surface area contributed by atoms with Gasteiger partial charge in [0.05, 0.1) is 6.04 Å². The van der Waals surface area contributed by atoms with Crippen LogP contribution in [0.25, 0.3) is 27.4 Å². The van der Waals surface area contributed by atoms with Crippen molar-refractivity contribution < 1.29 is 0 Å². The van der Waals surface area contributed by atoms with Crippen LogP contribution in [0.1, 0.15) is 98.9 Å². The Bertz CT molecular complexity index is 2390. The third-order valence-corrected chi connectivity index (χ3v) is 13.4. The molecule has 0 saturated carbocycles. The normalized spacial score (nSPS) is 25.7. The van der Waals surface area contributed by atoms with Gasteiger partial charge in [-0.05, 0) is 121 Å². The van der Waals surface area contributed by atoms with Crippen molar-refractivity contribution in [2.75, 3.05) is 4.90 Å². The minimum atomic E-state index is 0.159. The van der Waals surface area contributed by atoms with E-state index in [1.165, 1.54) is 80.3 Å². The maximum Gasteiger partial charge on any atom is 0.0560 e. The van der Waals surface area contributed by atoms with Crippen LogP contribution in [0.3, 0.4) is 0 Å². The highest BCUT2D eigenvalue weighted by atomic mass is 15.2. The van der Waals surface area contributed by atoms with Crippen molar-refractivity contribution in [1.29, 1.82) is 0 Å². The molecular weight excluding hydrogens is 641 g/mol. The molecule has 5 aliphatic carbocycles. The van der Waals surface area contributed by atoms with E-state index < -0.39 is 0 Å². The highest BCUT2D eigenvalue weighted by Gasteiger charge is 2.46. The van der Waals surface area contributed by atoms with E-state index in [4.69, 9.17) is 0 Å². The molecule has 5 aliphatic rings. The van der Waals surface area contributed by atoms with E-state index in [2.05, 4.69) is 175 Å². The van der Waals surface area contributed by atoms with Gasteiger partial charge in [0.1, 0.15) is 0 Å². The number of fused-ring (bicyclic) bond motifs is 6. The van der Waals surface area contributed by atoms with E-state index in [0.717, 1.165) is 25.7 Å². The first-order valence-electron chi connectivity index (χ1n) is 20.1. The molecule has 5 atom stereocenters. The molecule has 10 rings (SSSR count). The van der Waals surface area contributed by atoms with E-state index >= 15 is 0 Å². The quantitative estimate of drug-likeness (QED) is 0.161. The Balaban J connectivity index is 0.989. The number of para-hydroxylation sites is 1. The highest BCUT2D eigenvalue weighted by molar-refractivity contribution is 6.08. The van der Waals surface area contributed by atoms with Crippen molar-refractivity contribution in [1.82, 2.24) is 4.57 Å². The van der Waals surface area contributed by atoms with Crippen LogP contribution in [-0.2, 0) is 5.41 Å². The molecule has 1 aromatic heterocycles. The van der Waals surface area contributed by atoms with Gasteiger partial charge >= 0.3 is 0 Å². The van der Waals surface area contributed by atoms with Gasteiger partial charge in [0, 0.05) is 51.1 Å². The molecule has 0 fully saturated rings. The molecule has 0 saturated heterocycles. The monoisotopic (exact) mass is 690 g/mol. The van der Waals surface area contributed by atoms with Gasteiger partial charge in [-0.25, -0.2) is 0 Å². The lowest BCUT2D eigenvalue weighted by Gasteiger charge is -2.36. The Morgan fingerprint density at radius 2 is 1.53 bits per heavy atom. The van der Waals surface area contributed by atoms with Gasteiger partial charge in [-0.2, -0.15) is 0 Å². The minimum absolute atomic E-state index is 0.159. The molecule has 0 radical (unpaired) electrons. The van der Waals surface area contributed by atoms with Gasteiger partial charge in [-0.3, -0.25) is 0 Å². The third kappa shape index (κ3) is 5.52. The fourth-order valence-corrected chi connectivity index (χ4v) is 10.6. The third-order valence-electron chi connectivity index (χ3n) is 13.4. The fraction of sp³-hybridized carbons (Fsp3) is 0.294. The second kappa shape index (κ2) is 13.1. The molecule has 0 amide bonds. The van der Waals surface area contributed by atoms with Crippen molar-refractivity contribution in [2.45, 2.75) is 88.1 Å². The van der Waals surface area contributed by atoms with Crippen LogP contribution in [0.2, 0.25) is 0 Å². The molecule has 53 heavy (non-hydrogen) atoms. The standard InChI is InChI=1S/C51H50N2/c1-51(2)47-19-11-9-17-43(47)44-31-30-42(34-48(44)51)52(40-26-21-36(22-27-40)35-13-5-3-6-14-35)41-28-23-37(24-29-41)38-25-32-50-46(33-38)45-18-10-12-20-49(45)53(50)39-15-7-4-8-16-39/h3-7,9-10,12-14,17-18,20-23,25-26,28-34,37,39-40,43,47H,8,11,15-16,19,24,27H2,1-2H3. The number of allylic oxidation sites excluding steroid dienone is 9. The number of nitrogens with zero attached hydrogens (tertiary/aromatic N) is 2. The molecule has 0 bridgehead atoms. The summed E-state index contributed by atoms with van der Waals surface area (Å²) < 4.78 is 2.63. The predicted octanol–water partition coefficient (Wildman–Crippen LogP) is 13.3. The van der Waals surface area contributed by atoms with Crippen molar-refractivity contribution >= 4 is 33.1 Å². The zero-order valence-corrected chi connectivity index (χ0v) is 31.2. The Kier molecular flexibility index (Phi) is 8.05. The molecule has 1 heterocycles. The van der Waals surface area contributed by atoms with Gasteiger partial charge in [0.15, 0.2) is 0 Å². The number of benzene rings is 4. The number of rotatable bonds is 6. The summed E-state index contributed by atoms with van der Waals surface area (Å²) in [6.07, 6.45) is 32.2. The zero-order chi connectivity index (χ0) is 35.5. The summed E-state index contributed by atoms with van der Waals surface area (Å²) in [4.78, 5) is 2.63. The van der Waals surface area contributed by atoms with Crippen LogP contribution < -0.4 is 4.90 Å². The predicted molar refractivity (Wildman–Crippen MR) is 225 cm³/mol. The number of hydrogen-bond donors (Lipinski definition) is 0. The Morgan fingerprint density at radius 3 is 2.34 bits per heavy atom. The van der Waals surface area contributed by atoms with E-state index in [1.54, 1.807) is 0 Å². The van der Waals surface area contributed by atoms with Crippen LogP contribution in [0.5, 0.6) is 0 Å². The van der Waals surface area contributed by atoms with Gasteiger partial charge in [0.2, 0.25) is 0 Å². The second-order valence-corrected chi connectivity index (χ2v) is 16.6. The molecule has 5 unspecified atom stereocenters. The van der Waals surface area contributed by atoms with E-state index in [1.807, 2.05) is 0 Å². The minimum Gasteiger partial charge on any atom is -0.337 e. The van der Waals surface area contributed by atoms with E-state index in [-0.39, 0.29) is 11.5 Å². The SMILES string of the molecule is CC1(C)c2cc(N(C3=CCC(c4ccc5c(c4)c4ccccc4n5C4CC=CCC4)C=C3)C3C=CC(c4ccccc4)=CC3)ccc2C2C=CCCC21.